The number of anilines is 1. The molecule has 0 spiro atoms. The second-order valence-corrected chi connectivity index (χ2v) is 5.60. The maximum atomic E-state index is 12.5. The smallest absolute Gasteiger partial charge is 0.322 e. The van der Waals surface area contributed by atoms with Gasteiger partial charge in [-0.2, -0.15) is 0 Å². The fourth-order valence-corrected chi connectivity index (χ4v) is 2.86. The van der Waals surface area contributed by atoms with E-state index in [0.29, 0.717) is 6.61 Å². The highest BCUT2D eigenvalue weighted by atomic mass is 16.5. The van der Waals surface area contributed by atoms with Gasteiger partial charge in [-0.05, 0) is 51.0 Å². The summed E-state index contributed by atoms with van der Waals surface area (Å²) in [6.45, 7) is 5.14. The third-order valence-corrected chi connectivity index (χ3v) is 3.92. The second kappa shape index (κ2) is 6.73. The number of likely N-dealkylation sites (tertiary alicyclic amines) is 1. The molecule has 0 bridgehead atoms. The van der Waals surface area contributed by atoms with Crippen molar-refractivity contribution in [3.8, 4) is 5.75 Å². The number of urea groups is 1. The van der Waals surface area contributed by atoms with Crippen molar-refractivity contribution in [2.24, 2.45) is 0 Å². The first-order valence-corrected chi connectivity index (χ1v) is 7.91. The van der Waals surface area contributed by atoms with Gasteiger partial charge in [-0.25, -0.2) is 4.79 Å². The Morgan fingerprint density at radius 2 is 2.22 bits per heavy atom. The van der Waals surface area contributed by atoms with Gasteiger partial charge in [0.15, 0.2) is 0 Å². The van der Waals surface area contributed by atoms with Crippen molar-refractivity contribution in [3.05, 3.63) is 41.8 Å². The van der Waals surface area contributed by atoms with E-state index in [9.17, 15) is 4.79 Å². The lowest BCUT2D eigenvalue weighted by atomic mass is 10.1. The summed E-state index contributed by atoms with van der Waals surface area (Å²) in [6.07, 6.45) is 1.87. The first-order chi connectivity index (χ1) is 11.2. The molecule has 1 atom stereocenters. The minimum absolute atomic E-state index is 0.0184. The summed E-state index contributed by atoms with van der Waals surface area (Å²) >= 11 is 0. The van der Waals surface area contributed by atoms with Gasteiger partial charge in [0, 0.05) is 18.3 Å². The van der Waals surface area contributed by atoms with Gasteiger partial charge in [0.05, 0.1) is 12.6 Å². The number of carbonyl (C=O) groups is 1. The maximum Gasteiger partial charge on any atom is 0.322 e. The lowest BCUT2D eigenvalue weighted by molar-refractivity contribution is 0.204. The van der Waals surface area contributed by atoms with Gasteiger partial charge in [-0.3, -0.25) is 0 Å². The summed E-state index contributed by atoms with van der Waals surface area (Å²) in [6, 6.07) is 9.14. The molecule has 0 unspecified atom stereocenters. The summed E-state index contributed by atoms with van der Waals surface area (Å²) in [5, 5.41) is 6.99. The van der Waals surface area contributed by atoms with Crippen LogP contribution in [0.4, 0.5) is 10.5 Å². The number of amides is 2. The average Bonchev–Trinajstić information content (AvgIpc) is 3.18. The fourth-order valence-electron chi connectivity index (χ4n) is 2.86. The Hall–Kier alpha value is -2.50. The lowest BCUT2D eigenvalue weighted by Gasteiger charge is -2.23. The molecule has 1 N–H and O–H groups in total. The van der Waals surface area contributed by atoms with E-state index >= 15 is 0 Å². The van der Waals surface area contributed by atoms with Crippen LogP contribution in [0.3, 0.4) is 0 Å². The van der Waals surface area contributed by atoms with Gasteiger partial charge >= 0.3 is 6.03 Å². The molecule has 0 radical (unpaired) electrons. The molecule has 1 aliphatic heterocycles. The summed E-state index contributed by atoms with van der Waals surface area (Å²) in [5.74, 6) is 1.56. The van der Waals surface area contributed by atoms with Crippen molar-refractivity contribution in [3.63, 3.8) is 0 Å². The Kier molecular flexibility index (Phi) is 4.50. The third-order valence-electron chi connectivity index (χ3n) is 3.92. The predicted octanol–water partition coefficient (Wildman–Crippen LogP) is 3.75. The van der Waals surface area contributed by atoms with Crippen molar-refractivity contribution in [2.45, 2.75) is 32.7 Å². The molecule has 1 aromatic carbocycles. The highest BCUT2D eigenvalue weighted by molar-refractivity contribution is 5.89. The van der Waals surface area contributed by atoms with Crippen molar-refractivity contribution < 1.29 is 14.1 Å². The van der Waals surface area contributed by atoms with Gasteiger partial charge in [0.1, 0.15) is 17.2 Å². The number of ether oxygens (including phenoxy) is 1. The van der Waals surface area contributed by atoms with E-state index in [-0.39, 0.29) is 12.1 Å². The van der Waals surface area contributed by atoms with E-state index < -0.39 is 0 Å². The highest BCUT2D eigenvalue weighted by Gasteiger charge is 2.32. The van der Waals surface area contributed by atoms with Crippen LogP contribution in [0.15, 0.2) is 34.9 Å². The van der Waals surface area contributed by atoms with E-state index in [1.165, 1.54) is 0 Å². The number of aromatic nitrogens is 1. The Bertz CT molecular complexity index is 666. The van der Waals surface area contributed by atoms with Gasteiger partial charge in [-0.15, -0.1) is 0 Å². The number of nitrogens with one attached hydrogen (secondary N) is 1. The van der Waals surface area contributed by atoms with Crippen molar-refractivity contribution in [1.82, 2.24) is 10.1 Å². The zero-order valence-corrected chi connectivity index (χ0v) is 13.4. The lowest BCUT2D eigenvalue weighted by Crippen LogP contribution is -2.34. The highest BCUT2D eigenvalue weighted by Crippen LogP contribution is 2.32. The van der Waals surface area contributed by atoms with E-state index in [4.69, 9.17) is 9.26 Å². The Balaban J connectivity index is 1.67. The van der Waals surface area contributed by atoms with Crippen molar-refractivity contribution in [1.29, 1.82) is 0 Å². The van der Waals surface area contributed by atoms with Crippen LogP contribution < -0.4 is 10.1 Å². The quantitative estimate of drug-likeness (QED) is 0.933. The summed E-state index contributed by atoms with van der Waals surface area (Å²) in [7, 11) is 0. The number of rotatable bonds is 4. The average molecular weight is 315 g/mol. The normalized spacial score (nSPS) is 17.3. The van der Waals surface area contributed by atoms with Crippen LogP contribution in [0.25, 0.3) is 0 Å². The number of benzene rings is 1. The molecule has 0 aliphatic carbocycles. The van der Waals surface area contributed by atoms with Gasteiger partial charge < -0.3 is 19.5 Å². The standard InChI is InChI=1S/C17H21N3O3/c1-3-22-14-8-6-13(7-9-14)18-17(21)20-10-4-5-16(20)15-11-12(2)23-19-15/h6-9,11,16H,3-5,10H2,1-2H3,(H,18,21)/t16-/m0/s1. The van der Waals surface area contributed by atoms with E-state index in [0.717, 1.165) is 42.3 Å². The summed E-state index contributed by atoms with van der Waals surface area (Å²) in [5.41, 5.74) is 1.57. The molecule has 6 nitrogen and oxygen atoms in total. The number of nitrogens with zero attached hydrogens (tertiary/aromatic N) is 2. The zero-order valence-electron chi connectivity index (χ0n) is 13.4. The molecule has 6 heteroatoms. The third kappa shape index (κ3) is 3.47. The number of carbonyl (C=O) groups excluding carboxylic acids is 1. The minimum atomic E-state index is -0.114. The van der Waals surface area contributed by atoms with Crippen LogP contribution >= 0.6 is 0 Å². The summed E-state index contributed by atoms with van der Waals surface area (Å²) < 4.78 is 10.5. The molecule has 2 heterocycles. The number of hydrogen-bond donors (Lipinski definition) is 1. The molecule has 3 rings (SSSR count). The molecule has 1 saturated heterocycles. The second-order valence-electron chi connectivity index (χ2n) is 5.60. The van der Waals surface area contributed by atoms with Crippen LogP contribution in [0, 0.1) is 6.92 Å². The largest absolute Gasteiger partial charge is 0.494 e. The monoisotopic (exact) mass is 315 g/mol. The number of hydrogen-bond acceptors (Lipinski definition) is 4. The van der Waals surface area contributed by atoms with Crippen LogP contribution in [0.2, 0.25) is 0 Å². The van der Waals surface area contributed by atoms with Crippen molar-refractivity contribution >= 4 is 11.7 Å². The molecule has 1 aromatic heterocycles. The zero-order chi connectivity index (χ0) is 16.2. The molecule has 23 heavy (non-hydrogen) atoms. The molecular formula is C17H21N3O3. The van der Waals surface area contributed by atoms with Gasteiger partial charge in [-0.1, -0.05) is 5.16 Å². The SMILES string of the molecule is CCOc1ccc(NC(=O)N2CCC[C@H]2c2cc(C)on2)cc1. The molecule has 1 aliphatic rings. The van der Waals surface area contributed by atoms with Crippen LogP contribution in [-0.2, 0) is 0 Å². The minimum Gasteiger partial charge on any atom is -0.494 e. The van der Waals surface area contributed by atoms with Crippen LogP contribution in [-0.4, -0.2) is 29.2 Å². The fraction of sp³-hybridized carbons (Fsp3) is 0.412. The molecule has 0 saturated carbocycles. The van der Waals surface area contributed by atoms with E-state index in [2.05, 4.69) is 10.5 Å². The topological polar surface area (TPSA) is 67.6 Å². The molecule has 1 fully saturated rings. The Morgan fingerprint density at radius 3 is 2.87 bits per heavy atom. The van der Waals surface area contributed by atoms with E-state index in [1.54, 1.807) is 0 Å². The first-order valence-electron chi connectivity index (χ1n) is 7.91. The maximum absolute atomic E-state index is 12.5. The van der Waals surface area contributed by atoms with Gasteiger partial charge in [0.25, 0.3) is 0 Å². The van der Waals surface area contributed by atoms with E-state index in [1.807, 2.05) is 49.1 Å². The Labute approximate surface area is 135 Å². The first kappa shape index (κ1) is 15.4. The van der Waals surface area contributed by atoms with Crippen molar-refractivity contribution in [2.75, 3.05) is 18.5 Å². The molecule has 2 aromatic rings. The molecular weight excluding hydrogens is 294 g/mol. The molecule has 122 valence electrons. The van der Waals surface area contributed by atoms with Crippen LogP contribution in [0.1, 0.15) is 37.3 Å². The number of aryl methyl sites for hydroxylation is 1. The summed E-state index contributed by atoms with van der Waals surface area (Å²) in [4.78, 5) is 14.4. The predicted molar refractivity (Wildman–Crippen MR) is 86.6 cm³/mol. The van der Waals surface area contributed by atoms with Crippen LogP contribution in [0.5, 0.6) is 5.75 Å². The van der Waals surface area contributed by atoms with Gasteiger partial charge in [0.2, 0.25) is 0 Å². The molecule has 2 amide bonds. The Morgan fingerprint density at radius 1 is 1.43 bits per heavy atom.